The molecule has 0 bridgehead atoms. The first-order chi connectivity index (χ1) is 11.6. The predicted molar refractivity (Wildman–Crippen MR) is 92.8 cm³/mol. The molecular weight excluding hydrogens is 326 g/mol. The molecule has 3 rings (SSSR count). The number of anilines is 1. The molecule has 8 heteroatoms. The first-order valence-corrected chi connectivity index (χ1v) is 8.77. The standard InChI is InChI=1S/C16H21N5O2S/c1-4-12-14(24-19-18-12)16(22)21-9-7-11(10-21)23-13-6-5-8-17-15(13)20(2)3/h5-6,8,11H,4,7,9-10H2,1-3H3/t11-/m0/s1. The average molecular weight is 347 g/mol. The number of likely N-dealkylation sites (tertiary alicyclic amines) is 1. The van der Waals surface area contributed by atoms with Crippen LogP contribution < -0.4 is 9.64 Å². The molecule has 0 aromatic carbocycles. The third-order valence-electron chi connectivity index (χ3n) is 3.99. The molecule has 1 fully saturated rings. The van der Waals surface area contributed by atoms with E-state index in [9.17, 15) is 4.79 Å². The van der Waals surface area contributed by atoms with Gasteiger partial charge in [0.05, 0.1) is 12.2 Å². The summed E-state index contributed by atoms with van der Waals surface area (Å²) in [4.78, 5) is 21.4. The number of aryl methyl sites for hydroxylation is 1. The Morgan fingerprint density at radius 1 is 1.50 bits per heavy atom. The molecule has 0 saturated carbocycles. The Hall–Kier alpha value is -2.22. The van der Waals surface area contributed by atoms with Crippen LogP contribution >= 0.6 is 11.5 Å². The van der Waals surface area contributed by atoms with Crippen LogP contribution in [0.2, 0.25) is 0 Å². The van der Waals surface area contributed by atoms with Gasteiger partial charge in [0.15, 0.2) is 11.6 Å². The second kappa shape index (κ2) is 7.12. The number of carbonyl (C=O) groups excluding carboxylic acids is 1. The van der Waals surface area contributed by atoms with Crippen molar-refractivity contribution in [3.8, 4) is 5.75 Å². The predicted octanol–water partition coefficient (Wildman–Crippen LogP) is 1.85. The lowest BCUT2D eigenvalue weighted by atomic mass is 10.3. The Kier molecular flexibility index (Phi) is 4.94. The maximum absolute atomic E-state index is 12.6. The van der Waals surface area contributed by atoms with Crippen LogP contribution in [0.3, 0.4) is 0 Å². The van der Waals surface area contributed by atoms with Gasteiger partial charge in [-0.1, -0.05) is 11.4 Å². The first-order valence-electron chi connectivity index (χ1n) is 7.99. The van der Waals surface area contributed by atoms with E-state index in [4.69, 9.17) is 4.74 Å². The van der Waals surface area contributed by atoms with Crippen LogP contribution in [0.1, 0.15) is 28.7 Å². The van der Waals surface area contributed by atoms with E-state index in [0.717, 1.165) is 23.7 Å². The fourth-order valence-corrected chi connectivity index (χ4v) is 3.46. The molecule has 1 amide bonds. The van der Waals surface area contributed by atoms with Crippen LogP contribution in [0.5, 0.6) is 5.75 Å². The molecule has 1 atom stereocenters. The van der Waals surface area contributed by atoms with Gasteiger partial charge in [-0.2, -0.15) is 0 Å². The summed E-state index contributed by atoms with van der Waals surface area (Å²) in [6.07, 6.45) is 3.24. The zero-order chi connectivity index (χ0) is 17.1. The molecule has 0 spiro atoms. The maximum atomic E-state index is 12.6. The van der Waals surface area contributed by atoms with Crippen molar-refractivity contribution in [1.29, 1.82) is 0 Å². The van der Waals surface area contributed by atoms with Crippen LogP contribution in [0, 0.1) is 0 Å². The highest BCUT2D eigenvalue weighted by Gasteiger charge is 2.31. The monoisotopic (exact) mass is 347 g/mol. The third kappa shape index (κ3) is 3.33. The van der Waals surface area contributed by atoms with Gasteiger partial charge in [0.2, 0.25) is 0 Å². The minimum absolute atomic E-state index is 0.00645. The molecule has 1 aliphatic heterocycles. The number of hydrogen-bond donors (Lipinski definition) is 0. The molecule has 0 radical (unpaired) electrons. The summed E-state index contributed by atoms with van der Waals surface area (Å²) < 4.78 is 10.00. The van der Waals surface area contributed by atoms with Gasteiger partial charge in [0, 0.05) is 33.3 Å². The Morgan fingerprint density at radius 3 is 3.08 bits per heavy atom. The van der Waals surface area contributed by atoms with Crippen LogP contribution in [-0.4, -0.2) is 58.7 Å². The Bertz CT molecular complexity index is 718. The third-order valence-corrected chi connectivity index (χ3v) is 4.74. The van der Waals surface area contributed by atoms with Crippen molar-refractivity contribution in [3.05, 3.63) is 28.9 Å². The SMILES string of the molecule is CCc1nnsc1C(=O)N1CC[C@H](Oc2cccnc2N(C)C)C1. The second-order valence-corrected chi connectivity index (χ2v) is 6.66. The number of ether oxygens (including phenoxy) is 1. The van der Waals surface area contributed by atoms with E-state index in [1.54, 1.807) is 6.20 Å². The molecule has 2 aromatic rings. The number of amides is 1. The summed E-state index contributed by atoms with van der Waals surface area (Å²) in [5, 5.41) is 4.02. The zero-order valence-corrected chi connectivity index (χ0v) is 14.9. The van der Waals surface area contributed by atoms with Gasteiger partial charge in [-0.15, -0.1) is 5.10 Å². The summed E-state index contributed by atoms with van der Waals surface area (Å²) >= 11 is 1.17. The Balaban J connectivity index is 1.67. The minimum atomic E-state index is -0.0252. The summed E-state index contributed by atoms with van der Waals surface area (Å²) in [7, 11) is 3.87. The molecule has 24 heavy (non-hydrogen) atoms. The van der Waals surface area contributed by atoms with Crippen molar-refractivity contribution in [1.82, 2.24) is 19.5 Å². The van der Waals surface area contributed by atoms with Gasteiger partial charge in [-0.05, 0) is 30.1 Å². The van der Waals surface area contributed by atoms with Crippen LogP contribution in [0.15, 0.2) is 18.3 Å². The molecule has 128 valence electrons. The average Bonchev–Trinajstić information content (AvgIpc) is 3.23. The largest absolute Gasteiger partial charge is 0.485 e. The highest BCUT2D eigenvalue weighted by Crippen LogP contribution is 2.27. The van der Waals surface area contributed by atoms with Crippen molar-refractivity contribution in [2.75, 3.05) is 32.1 Å². The number of carbonyl (C=O) groups is 1. The van der Waals surface area contributed by atoms with Crippen LogP contribution in [-0.2, 0) is 6.42 Å². The summed E-state index contributed by atoms with van der Waals surface area (Å²) in [5.74, 6) is 1.55. The van der Waals surface area contributed by atoms with Crippen molar-refractivity contribution in [3.63, 3.8) is 0 Å². The fraction of sp³-hybridized carbons (Fsp3) is 0.500. The fourth-order valence-electron chi connectivity index (χ4n) is 2.74. The summed E-state index contributed by atoms with van der Waals surface area (Å²) in [5.41, 5.74) is 0.775. The molecule has 0 unspecified atom stereocenters. The van der Waals surface area contributed by atoms with Crippen LogP contribution in [0.25, 0.3) is 0 Å². The Labute approximate surface area is 145 Å². The highest BCUT2D eigenvalue weighted by atomic mass is 32.1. The number of rotatable bonds is 5. The molecule has 0 aliphatic carbocycles. The summed E-state index contributed by atoms with van der Waals surface area (Å²) in [6, 6.07) is 3.77. The smallest absolute Gasteiger partial charge is 0.267 e. The van der Waals surface area contributed by atoms with E-state index in [0.29, 0.717) is 24.4 Å². The molecule has 2 aromatic heterocycles. The maximum Gasteiger partial charge on any atom is 0.267 e. The van der Waals surface area contributed by atoms with Gasteiger partial charge < -0.3 is 14.5 Å². The van der Waals surface area contributed by atoms with Crippen molar-refractivity contribution in [2.45, 2.75) is 25.9 Å². The van der Waals surface area contributed by atoms with Gasteiger partial charge in [-0.25, -0.2) is 4.98 Å². The minimum Gasteiger partial charge on any atom is -0.485 e. The van der Waals surface area contributed by atoms with Crippen LogP contribution in [0.4, 0.5) is 5.82 Å². The van der Waals surface area contributed by atoms with E-state index in [1.165, 1.54) is 11.5 Å². The van der Waals surface area contributed by atoms with Crippen molar-refractivity contribution < 1.29 is 9.53 Å². The van der Waals surface area contributed by atoms with Crippen molar-refractivity contribution in [2.24, 2.45) is 0 Å². The number of aromatic nitrogens is 3. The van der Waals surface area contributed by atoms with Gasteiger partial charge >= 0.3 is 0 Å². The molecule has 1 saturated heterocycles. The molecule has 3 heterocycles. The number of pyridine rings is 1. The van der Waals surface area contributed by atoms with E-state index in [1.807, 2.05) is 43.0 Å². The van der Waals surface area contributed by atoms with E-state index in [-0.39, 0.29) is 12.0 Å². The summed E-state index contributed by atoms with van der Waals surface area (Å²) in [6.45, 7) is 3.23. The lowest BCUT2D eigenvalue weighted by Gasteiger charge is -2.20. The first kappa shape index (κ1) is 16.6. The number of nitrogens with zero attached hydrogens (tertiary/aromatic N) is 5. The highest BCUT2D eigenvalue weighted by molar-refractivity contribution is 7.08. The second-order valence-electron chi connectivity index (χ2n) is 5.90. The van der Waals surface area contributed by atoms with Crippen molar-refractivity contribution >= 4 is 23.3 Å². The van der Waals surface area contributed by atoms with E-state index < -0.39 is 0 Å². The van der Waals surface area contributed by atoms with E-state index in [2.05, 4.69) is 14.6 Å². The number of hydrogen-bond acceptors (Lipinski definition) is 7. The molecule has 0 N–H and O–H groups in total. The quantitative estimate of drug-likeness (QED) is 0.822. The van der Waals surface area contributed by atoms with Gasteiger partial charge in [0.25, 0.3) is 5.91 Å². The van der Waals surface area contributed by atoms with Gasteiger partial charge in [0.1, 0.15) is 11.0 Å². The van der Waals surface area contributed by atoms with E-state index >= 15 is 0 Å². The lowest BCUT2D eigenvalue weighted by Crippen LogP contribution is -2.31. The zero-order valence-electron chi connectivity index (χ0n) is 14.1. The molecular formula is C16H21N5O2S. The lowest BCUT2D eigenvalue weighted by molar-refractivity contribution is 0.0776. The Morgan fingerprint density at radius 2 is 2.33 bits per heavy atom. The topological polar surface area (TPSA) is 71.5 Å². The molecule has 7 nitrogen and oxygen atoms in total. The normalized spacial score (nSPS) is 17.1. The van der Waals surface area contributed by atoms with Gasteiger partial charge in [-0.3, -0.25) is 4.79 Å². The molecule has 1 aliphatic rings.